The fourth-order valence-electron chi connectivity index (χ4n) is 4.25. The maximum absolute atomic E-state index is 14.2. The molecule has 3 rings (SSSR count). The first-order valence-corrected chi connectivity index (χ1v) is 15.9. The van der Waals surface area contributed by atoms with Gasteiger partial charge in [0.1, 0.15) is 18.3 Å². The number of amides is 2. The predicted octanol–water partition coefficient (Wildman–Crippen LogP) is 6.57. The fraction of sp³-hybridized carbons (Fsp3) is 0.333. The third-order valence-electron chi connectivity index (χ3n) is 6.78. The first-order valence-electron chi connectivity index (χ1n) is 13.4. The summed E-state index contributed by atoms with van der Waals surface area (Å²) in [6.45, 7) is 4.93. The van der Waals surface area contributed by atoms with Gasteiger partial charge in [0.05, 0.1) is 22.7 Å². The highest BCUT2D eigenvalue weighted by molar-refractivity contribution is 7.92. The van der Waals surface area contributed by atoms with Crippen LogP contribution in [0.1, 0.15) is 39.2 Å². The van der Waals surface area contributed by atoms with E-state index in [0.29, 0.717) is 27.8 Å². The molecule has 0 aromatic heterocycles. The van der Waals surface area contributed by atoms with Gasteiger partial charge in [0.25, 0.3) is 10.0 Å². The van der Waals surface area contributed by atoms with Crippen LogP contribution in [-0.4, -0.2) is 50.9 Å². The highest BCUT2D eigenvalue weighted by Crippen LogP contribution is 2.32. The molecule has 0 bridgehead atoms. The van der Waals surface area contributed by atoms with Crippen LogP contribution in [0.25, 0.3) is 0 Å². The van der Waals surface area contributed by atoms with Gasteiger partial charge in [-0.1, -0.05) is 72.9 Å². The Labute approximate surface area is 262 Å². The Kier molecular flexibility index (Phi) is 11.9. The summed E-state index contributed by atoms with van der Waals surface area (Å²) in [5.74, 6) is -0.621. The number of rotatable bonds is 13. The van der Waals surface area contributed by atoms with E-state index in [1.165, 1.54) is 42.3 Å². The molecular weight excluding hydrogens is 621 g/mol. The van der Waals surface area contributed by atoms with Gasteiger partial charge in [-0.25, -0.2) is 8.42 Å². The Hall–Kier alpha value is -2.98. The normalized spacial score (nSPS) is 12.7. The fourth-order valence-corrected chi connectivity index (χ4v) is 6.40. The van der Waals surface area contributed by atoms with E-state index >= 15 is 0 Å². The van der Waals surface area contributed by atoms with Crippen molar-refractivity contribution in [2.45, 2.75) is 57.1 Å². The second kappa shape index (κ2) is 15.0. The van der Waals surface area contributed by atoms with Crippen LogP contribution in [0.3, 0.4) is 0 Å². The monoisotopic (exact) mass is 653 g/mol. The molecule has 12 heteroatoms. The molecule has 3 aromatic rings. The maximum Gasteiger partial charge on any atom is 0.264 e. The Morgan fingerprint density at radius 3 is 2.19 bits per heavy atom. The zero-order chi connectivity index (χ0) is 31.0. The number of methoxy groups -OCH3 is 1. The molecule has 3 aromatic carbocycles. The maximum atomic E-state index is 14.2. The summed E-state index contributed by atoms with van der Waals surface area (Å²) >= 11 is 18.9. The zero-order valence-corrected chi connectivity index (χ0v) is 26.9. The second-order valence-corrected chi connectivity index (χ2v) is 12.8. The van der Waals surface area contributed by atoms with E-state index in [-0.39, 0.29) is 40.5 Å². The number of nitrogens with zero attached hydrogens (tertiary/aromatic N) is 2. The summed E-state index contributed by atoms with van der Waals surface area (Å²) in [6.07, 6.45) is 0.972. The second-order valence-electron chi connectivity index (χ2n) is 9.64. The van der Waals surface area contributed by atoms with Crippen molar-refractivity contribution in [1.82, 2.24) is 10.2 Å². The first kappa shape index (κ1) is 33.5. The summed E-state index contributed by atoms with van der Waals surface area (Å²) < 4.78 is 34.1. The van der Waals surface area contributed by atoms with E-state index in [1.54, 1.807) is 43.3 Å². The molecule has 8 nitrogen and oxygen atoms in total. The minimum atomic E-state index is -4.24. The molecule has 0 saturated carbocycles. The van der Waals surface area contributed by atoms with E-state index in [0.717, 1.165) is 4.31 Å². The number of anilines is 1. The molecule has 2 amide bonds. The van der Waals surface area contributed by atoms with Crippen molar-refractivity contribution >= 4 is 62.3 Å². The summed E-state index contributed by atoms with van der Waals surface area (Å²) in [5.41, 5.74) is 0.703. The summed E-state index contributed by atoms with van der Waals surface area (Å²) in [4.78, 5) is 28.9. The van der Waals surface area contributed by atoms with E-state index in [9.17, 15) is 18.0 Å². The molecular formula is C30H34Cl3N3O5S. The molecule has 0 heterocycles. The third kappa shape index (κ3) is 8.10. The van der Waals surface area contributed by atoms with Gasteiger partial charge in [0.15, 0.2) is 0 Å². The minimum absolute atomic E-state index is 0.0152. The lowest BCUT2D eigenvalue weighted by molar-refractivity contribution is -0.140. The van der Waals surface area contributed by atoms with Crippen molar-refractivity contribution in [1.29, 1.82) is 0 Å². The van der Waals surface area contributed by atoms with Crippen molar-refractivity contribution in [3.8, 4) is 5.75 Å². The van der Waals surface area contributed by atoms with Crippen LogP contribution < -0.4 is 14.4 Å². The van der Waals surface area contributed by atoms with Crippen molar-refractivity contribution in [3.63, 3.8) is 0 Å². The lowest BCUT2D eigenvalue weighted by Gasteiger charge is -2.34. The van der Waals surface area contributed by atoms with Crippen LogP contribution in [0.2, 0.25) is 15.1 Å². The highest BCUT2D eigenvalue weighted by Gasteiger charge is 2.34. The van der Waals surface area contributed by atoms with Crippen molar-refractivity contribution in [2.75, 3.05) is 18.0 Å². The van der Waals surface area contributed by atoms with Crippen LogP contribution in [0, 0.1) is 0 Å². The Bertz CT molecular complexity index is 1510. The smallest absolute Gasteiger partial charge is 0.264 e. The first-order chi connectivity index (χ1) is 19.9. The third-order valence-corrected chi connectivity index (χ3v) is 9.45. The quantitative estimate of drug-likeness (QED) is 0.225. The number of carbonyl (C=O) groups is 2. The lowest BCUT2D eigenvalue weighted by atomic mass is 10.1. The molecule has 1 N–H and O–H groups in total. The highest BCUT2D eigenvalue weighted by atomic mass is 35.5. The molecule has 0 saturated heterocycles. The molecule has 0 radical (unpaired) electrons. The van der Waals surface area contributed by atoms with Gasteiger partial charge in [-0.15, -0.1) is 0 Å². The topological polar surface area (TPSA) is 96.0 Å². The van der Waals surface area contributed by atoms with Crippen LogP contribution >= 0.6 is 34.8 Å². The molecule has 0 spiro atoms. The summed E-state index contributed by atoms with van der Waals surface area (Å²) in [7, 11) is -2.80. The summed E-state index contributed by atoms with van der Waals surface area (Å²) in [5, 5.41) is 3.83. The molecule has 0 fully saturated rings. The van der Waals surface area contributed by atoms with Gasteiger partial charge in [-0.05, 0) is 67.8 Å². The van der Waals surface area contributed by atoms with Crippen LogP contribution in [0.4, 0.5) is 5.69 Å². The average molecular weight is 655 g/mol. The van der Waals surface area contributed by atoms with Crippen molar-refractivity contribution in [2.24, 2.45) is 0 Å². The standard InChI is InChI=1S/C30H34Cl3N3O5S/c1-5-20(3)34-30(38)27(6-2)35(18-21-12-13-22(31)16-25(21)32)29(37)19-36(23-14-15-28(41-4)26(33)17-23)42(39,40)24-10-8-7-9-11-24/h7-17,20,27H,5-6,18-19H2,1-4H3,(H,34,38)/t20-,27+/m0/s1. The SMILES string of the molecule is CC[C@H](C(=O)N[C@@H](C)CC)N(Cc1ccc(Cl)cc1Cl)C(=O)CN(c1ccc(OC)c(Cl)c1)S(=O)(=O)c1ccccc1. The number of hydrogen-bond acceptors (Lipinski definition) is 5. The number of halogens is 3. The van der Waals surface area contributed by atoms with Gasteiger partial charge in [-0.2, -0.15) is 0 Å². The van der Waals surface area contributed by atoms with Gasteiger partial charge < -0.3 is 15.0 Å². The van der Waals surface area contributed by atoms with Crippen LogP contribution in [-0.2, 0) is 26.2 Å². The van der Waals surface area contributed by atoms with Gasteiger partial charge in [0.2, 0.25) is 11.8 Å². The average Bonchev–Trinajstić information content (AvgIpc) is 2.96. The number of sulfonamides is 1. The van der Waals surface area contributed by atoms with E-state index in [2.05, 4.69) is 5.32 Å². The predicted molar refractivity (Wildman–Crippen MR) is 168 cm³/mol. The van der Waals surface area contributed by atoms with E-state index in [1.807, 2.05) is 13.8 Å². The van der Waals surface area contributed by atoms with Crippen LogP contribution in [0.15, 0.2) is 71.6 Å². The van der Waals surface area contributed by atoms with Gasteiger partial charge >= 0.3 is 0 Å². The largest absolute Gasteiger partial charge is 0.495 e. The molecule has 0 aliphatic carbocycles. The molecule has 226 valence electrons. The van der Waals surface area contributed by atoms with Crippen LogP contribution in [0.5, 0.6) is 5.75 Å². The molecule has 0 unspecified atom stereocenters. The van der Waals surface area contributed by atoms with E-state index < -0.39 is 28.5 Å². The molecule has 42 heavy (non-hydrogen) atoms. The number of carbonyl (C=O) groups excluding carboxylic acids is 2. The Balaban J connectivity index is 2.11. The van der Waals surface area contributed by atoms with Crippen molar-refractivity contribution < 1.29 is 22.7 Å². The summed E-state index contributed by atoms with van der Waals surface area (Å²) in [6, 6.07) is 16.0. The minimum Gasteiger partial charge on any atom is -0.495 e. The number of benzene rings is 3. The van der Waals surface area contributed by atoms with Gasteiger partial charge in [-0.3, -0.25) is 13.9 Å². The van der Waals surface area contributed by atoms with E-state index in [4.69, 9.17) is 39.5 Å². The molecule has 2 atom stereocenters. The Morgan fingerprint density at radius 1 is 0.929 bits per heavy atom. The zero-order valence-electron chi connectivity index (χ0n) is 23.8. The van der Waals surface area contributed by atoms with Gasteiger partial charge in [0, 0.05) is 22.6 Å². The Morgan fingerprint density at radius 2 is 1.62 bits per heavy atom. The number of ether oxygens (including phenoxy) is 1. The molecule has 0 aliphatic rings. The lowest BCUT2D eigenvalue weighted by Crippen LogP contribution is -2.53. The molecule has 0 aliphatic heterocycles. The van der Waals surface area contributed by atoms with Crippen molar-refractivity contribution in [3.05, 3.63) is 87.4 Å². The number of hydrogen-bond donors (Lipinski definition) is 1. The number of nitrogens with one attached hydrogen (secondary N) is 1.